The van der Waals surface area contributed by atoms with Gasteiger partial charge in [0.05, 0.1) is 5.69 Å². The Labute approximate surface area is 154 Å². The van der Waals surface area contributed by atoms with Crippen LogP contribution in [0.2, 0.25) is 0 Å². The Kier molecular flexibility index (Phi) is 5.11. The lowest BCUT2D eigenvalue weighted by Crippen LogP contribution is -2.40. The fraction of sp³-hybridized carbons (Fsp3) is 0.278. The first kappa shape index (κ1) is 18.4. The minimum Gasteiger partial charge on any atom is -0.321 e. The zero-order chi connectivity index (χ0) is 19.6. The molecule has 140 valence electrons. The highest BCUT2D eigenvalue weighted by Crippen LogP contribution is 2.13. The smallest absolute Gasteiger partial charge is 0.271 e. The minimum absolute atomic E-state index is 0.0695. The SMILES string of the molecule is Cc1cc(C)n(C(=O)CN2N=C(C(=O)Nc3ccc(F)cc3)CCC2=O)n1. The number of amides is 2. The van der Waals surface area contributed by atoms with Crippen LogP contribution in [0.5, 0.6) is 0 Å². The van der Waals surface area contributed by atoms with Gasteiger partial charge in [0.1, 0.15) is 18.1 Å². The van der Waals surface area contributed by atoms with Crippen molar-refractivity contribution in [2.24, 2.45) is 5.10 Å². The van der Waals surface area contributed by atoms with E-state index in [1.165, 1.54) is 28.9 Å². The van der Waals surface area contributed by atoms with Gasteiger partial charge in [-0.25, -0.2) is 14.1 Å². The van der Waals surface area contributed by atoms with Crippen molar-refractivity contribution >= 4 is 29.1 Å². The summed E-state index contributed by atoms with van der Waals surface area (Å²) in [6, 6.07) is 7.04. The maximum absolute atomic E-state index is 12.9. The second-order valence-electron chi connectivity index (χ2n) is 6.19. The van der Waals surface area contributed by atoms with Gasteiger partial charge in [-0.15, -0.1) is 0 Å². The topological polar surface area (TPSA) is 96.7 Å². The molecule has 1 aliphatic heterocycles. The number of nitrogens with zero attached hydrogens (tertiary/aromatic N) is 4. The van der Waals surface area contributed by atoms with Gasteiger partial charge in [-0.1, -0.05) is 0 Å². The van der Waals surface area contributed by atoms with Crippen LogP contribution in [-0.2, 0) is 9.59 Å². The number of halogens is 1. The van der Waals surface area contributed by atoms with E-state index in [1.54, 1.807) is 19.9 Å². The highest BCUT2D eigenvalue weighted by Gasteiger charge is 2.27. The van der Waals surface area contributed by atoms with Crippen molar-refractivity contribution in [3.8, 4) is 0 Å². The van der Waals surface area contributed by atoms with E-state index >= 15 is 0 Å². The quantitative estimate of drug-likeness (QED) is 0.888. The van der Waals surface area contributed by atoms with Crippen molar-refractivity contribution in [1.29, 1.82) is 0 Å². The van der Waals surface area contributed by atoms with Gasteiger partial charge in [0, 0.05) is 24.2 Å². The Morgan fingerprint density at radius 1 is 1.19 bits per heavy atom. The summed E-state index contributed by atoms with van der Waals surface area (Å²) in [5.74, 6) is -1.68. The zero-order valence-corrected chi connectivity index (χ0v) is 14.9. The Morgan fingerprint density at radius 3 is 2.52 bits per heavy atom. The van der Waals surface area contributed by atoms with E-state index in [9.17, 15) is 18.8 Å². The maximum atomic E-state index is 12.9. The fourth-order valence-corrected chi connectivity index (χ4v) is 2.70. The molecular weight excluding hydrogens is 353 g/mol. The molecule has 0 unspecified atom stereocenters. The number of hydrazone groups is 1. The van der Waals surface area contributed by atoms with Crippen molar-refractivity contribution in [1.82, 2.24) is 14.8 Å². The van der Waals surface area contributed by atoms with E-state index in [0.717, 1.165) is 5.01 Å². The van der Waals surface area contributed by atoms with Crippen molar-refractivity contribution in [2.45, 2.75) is 26.7 Å². The van der Waals surface area contributed by atoms with Gasteiger partial charge in [-0.3, -0.25) is 14.4 Å². The molecule has 0 atom stereocenters. The normalized spacial score (nSPS) is 14.1. The number of benzene rings is 1. The minimum atomic E-state index is -0.502. The molecule has 1 N–H and O–H groups in total. The first-order valence-electron chi connectivity index (χ1n) is 8.34. The molecule has 1 aliphatic rings. The van der Waals surface area contributed by atoms with Gasteiger partial charge in [0.15, 0.2) is 0 Å². The zero-order valence-electron chi connectivity index (χ0n) is 14.9. The molecule has 1 aromatic heterocycles. The molecule has 2 amide bonds. The van der Waals surface area contributed by atoms with Crippen molar-refractivity contribution in [2.75, 3.05) is 11.9 Å². The molecule has 0 saturated heterocycles. The number of hydrogen-bond acceptors (Lipinski definition) is 5. The molecule has 0 radical (unpaired) electrons. The van der Waals surface area contributed by atoms with Gasteiger partial charge >= 0.3 is 0 Å². The van der Waals surface area contributed by atoms with Crippen LogP contribution in [0.3, 0.4) is 0 Å². The molecule has 0 aliphatic carbocycles. The maximum Gasteiger partial charge on any atom is 0.271 e. The second-order valence-corrected chi connectivity index (χ2v) is 6.19. The average Bonchev–Trinajstić information content (AvgIpc) is 2.97. The molecule has 0 saturated carbocycles. The van der Waals surface area contributed by atoms with Crippen molar-refractivity contribution < 1.29 is 18.8 Å². The first-order chi connectivity index (χ1) is 12.8. The number of aromatic nitrogens is 2. The van der Waals surface area contributed by atoms with Crippen molar-refractivity contribution in [3.63, 3.8) is 0 Å². The molecule has 0 spiro atoms. The molecule has 0 bridgehead atoms. The molecule has 1 aromatic carbocycles. The van der Waals surface area contributed by atoms with Crippen LogP contribution in [-0.4, -0.2) is 44.8 Å². The first-order valence-corrected chi connectivity index (χ1v) is 8.34. The Morgan fingerprint density at radius 2 is 1.89 bits per heavy atom. The average molecular weight is 371 g/mol. The van der Waals surface area contributed by atoms with Crippen LogP contribution in [0.15, 0.2) is 35.4 Å². The van der Waals surface area contributed by atoms with Crippen LogP contribution in [0.1, 0.15) is 29.0 Å². The van der Waals surface area contributed by atoms with Crippen LogP contribution < -0.4 is 5.32 Å². The lowest BCUT2D eigenvalue weighted by molar-refractivity contribution is -0.131. The number of rotatable bonds is 4. The summed E-state index contributed by atoms with van der Waals surface area (Å²) < 4.78 is 14.2. The monoisotopic (exact) mass is 371 g/mol. The third-order valence-corrected chi connectivity index (χ3v) is 4.00. The standard InChI is InChI=1S/C18H18FN5O3/c1-11-9-12(2)24(21-11)17(26)10-23-16(25)8-7-15(22-23)18(27)20-14-5-3-13(19)4-6-14/h3-6,9H,7-8,10H2,1-2H3,(H,20,27). The number of hydrogen-bond donors (Lipinski definition) is 1. The van der Waals surface area contributed by atoms with Gasteiger partial charge in [0.25, 0.3) is 11.8 Å². The number of carbonyl (C=O) groups excluding carboxylic acids is 3. The summed E-state index contributed by atoms with van der Waals surface area (Å²) >= 11 is 0. The van der Waals surface area contributed by atoms with E-state index in [1.807, 2.05) is 0 Å². The van der Waals surface area contributed by atoms with E-state index < -0.39 is 17.6 Å². The number of nitrogens with one attached hydrogen (secondary N) is 1. The summed E-state index contributed by atoms with van der Waals surface area (Å²) in [4.78, 5) is 36.8. The molecule has 0 fully saturated rings. The molecule has 2 heterocycles. The van der Waals surface area contributed by atoms with Gasteiger partial charge < -0.3 is 5.32 Å². The summed E-state index contributed by atoms with van der Waals surface area (Å²) in [7, 11) is 0. The van der Waals surface area contributed by atoms with Crippen molar-refractivity contribution in [3.05, 3.63) is 47.5 Å². The van der Waals surface area contributed by atoms with E-state index in [-0.39, 0.29) is 31.0 Å². The third kappa shape index (κ3) is 4.25. The van der Waals surface area contributed by atoms with Gasteiger partial charge in [-0.2, -0.15) is 10.2 Å². The summed E-state index contributed by atoms with van der Waals surface area (Å²) in [5.41, 5.74) is 1.88. The summed E-state index contributed by atoms with van der Waals surface area (Å²) in [6.07, 6.45) is 0.233. The van der Waals surface area contributed by atoms with Crippen LogP contribution in [0.25, 0.3) is 0 Å². The third-order valence-electron chi connectivity index (χ3n) is 4.00. The highest BCUT2D eigenvalue weighted by atomic mass is 19.1. The molecule has 2 aromatic rings. The predicted molar refractivity (Wildman–Crippen MR) is 95.7 cm³/mol. The molecule has 9 heteroatoms. The largest absolute Gasteiger partial charge is 0.321 e. The lowest BCUT2D eigenvalue weighted by Gasteiger charge is -2.22. The predicted octanol–water partition coefficient (Wildman–Crippen LogP) is 1.90. The molecule has 27 heavy (non-hydrogen) atoms. The Balaban J connectivity index is 1.72. The van der Waals surface area contributed by atoms with E-state index in [2.05, 4.69) is 15.5 Å². The highest BCUT2D eigenvalue weighted by molar-refractivity contribution is 6.43. The lowest BCUT2D eigenvalue weighted by atomic mass is 10.1. The molecule has 3 rings (SSSR count). The van der Waals surface area contributed by atoms with E-state index in [4.69, 9.17) is 0 Å². The van der Waals surface area contributed by atoms with Gasteiger partial charge in [0.2, 0.25) is 5.91 Å². The van der Waals surface area contributed by atoms with Crippen LogP contribution in [0.4, 0.5) is 10.1 Å². The van der Waals surface area contributed by atoms with Gasteiger partial charge in [-0.05, 0) is 44.2 Å². The van der Waals surface area contributed by atoms with E-state index in [0.29, 0.717) is 17.1 Å². The van der Waals surface area contributed by atoms with Crippen LogP contribution >= 0.6 is 0 Å². The van der Waals surface area contributed by atoms with Crippen LogP contribution in [0, 0.1) is 19.7 Å². The molecular formula is C18H18FN5O3. The second kappa shape index (κ2) is 7.48. The summed E-state index contributed by atoms with van der Waals surface area (Å²) in [6.45, 7) is 3.19. The summed E-state index contributed by atoms with van der Waals surface area (Å²) in [5, 5.41) is 11.7. The fourth-order valence-electron chi connectivity index (χ4n) is 2.70. The Hall–Kier alpha value is -3.36. The Bertz CT molecular complexity index is 933. The number of aryl methyl sites for hydroxylation is 2. The molecule has 8 nitrogen and oxygen atoms in total. The number of carbonyl (C=O) groups is 3. The number of anilines is 1.